The summed E-state index contributed by atoms with van der Waals surface area (Å²) >= 11 is 0. The Kier molecular flexibility index (Phi) is 5.51. The number of nitrogens with zero attached hydrogens (tertiary/aromatic N) is 1. The number of carboxylic acid groups (broad SMARTS) is 1. The zero-order valence-corrected chi connectivity index (χ0v) is 13.3. The molecule has 1 saturated heterocycles. The molecule has 7 heteroatoms. The number of aliphatic carboxylic acids is 1. The second kappa shape index (κ2) is 7.23. The maximum Gasteiger partial charge on any atom is 0.416 e. The number of hydrogen-bond acceptors (Lipinski definition) is 2. The third-order valence-corrected chi connectivity index (χ3v) is 4.41. The lowest BCUT2D eigenvalue weighted by Gasteiger charge is -2.31. The zero-order chi connectivity index (χ0) is 17.9. The van der Waals surface area contributed by atoms with E-state index in [1.807, 2.05) is 0 Å². The molecule has 2 rings (SSSR count). The van der Waals surface area contributed by atoms with Crippen LogP contribution in [0, 0.1) is 5.92 Å². The van der Waals surface area contributed by atoms with Gasteiger partial charge >= 0.3 is 12.1 Å². The van der Waals surface area contributed by atoms with Crippen molar-refractivity contribution in [1.29, 1.82) is 0 Å². The number of rotatable bonds is 4. The molecule has 1 aliphatic rings. The maximum absolute atomic E-state index is 12.6. The van der Waals surface area contributed by atoms with Crippen molar-refractivity contribution in [3.63, 3.8) is 0 Å². The largest absolute Gasteiger partial charge is 0.481 e. The van der Waals surface area contributed by atoms with Crippen LogP contribution in [0.25, 0.3) is 0 Å². The predicted octanol–water partition coefficient (Wildman–Crippen LogP) is 3.52. The highest BCUT2D eigenvalue weighted by atomic mass is 19.4. The third-order valence-electron chi connectivity index (χ3n) is 4.41. The van der Waals surface area contributed by atoms with Gasteiger partial charge in [-0.15, -0.1) is 0 Å². The maximum atomic E-state index is 12.6. The van der Waals surface area contributed by atoms with E-state index in [1.165, 1.54) is 12.1 Å². The van der Waals surface area contributed by atoms with Crippen LogP contribution in [0.4, 0.5) is 13.2 Å². The highest BCUT2D eigenvalue weighted by molar-refractivity contribution is 5.78. The van der Waals surface area contributed by atoms with Gasteiger partial charge in [0, 0.05) is 19.5 Å². The SMILES string of the molecule is C[C@@H](CC(=O)N1CCC[C@@H](C(=O)O)C1)c1ccc(C(F)(F)F)cc1. The summed E-state index contributed by atoms with van der Waals surface area (Å²) in [5.41, 5.74) is -0.0618. The Hall–Kier alpha value is -2.05. The van der Waals surface area contributed by atoms with Gasteiger partial charge in [-0.05, 0) is 36.5 Å². The number of hydrogen-bond donors (Lipinski definition) is 1. The van der Waals surface area contributed by atoms with E-state index in [0.717, 1.165) is 12.1 Å². The quantitative estimate of drug-likeness (QED) is 0.910. The molecule has 24 heavy (non-hydrogen) atoms. The van der Waals surface area contributed by atoms with Crippen LogP contribution in [0.3, 0.4) is 0 Å². The van der Waals surface area contributed by atoms with Crippen LogP contribution in [-0.4, -0.2) is 35.0 Å². The molecule has 2 atom stereocenters. The molecular formula is C17H20F3NO3. The van der Waals surface area contributed by atoms with Crippen molar-refractivity contribution in [2.45, 2.75) is 38.3 Å². The van der Waals surface area contributed by atoms with Crippen molar-refractivity contribution >= 4 is 11.9 Å². The second-order valence-electron chi connectivity index (χ2n) is 6.24. The minimum atomic E-state index is -4.38. The normalized spacial score (nSPS) is 19.8. The second-order valence-corrected chi connectivity index (χ2v) is 6.24. The standard InChI is InChI=1S/C17H20F3NO3/c1-11(12-4-6-14(7-5-12)17(18,19)20)9-15(22)21-8-2-3-13(10-21)16(23)24/h4-7,11,13H,2-3,8-10H2,1H3,(H,23,24)/t11-,13+/m0/s1. The van der Waals surface area contributed by atoms with Gasteiger partial charge < -0.3 is 10.0 Å². The number of likely N-dealkylation sites (tertiary alicyclic amines) is 1. The average Bonchev–Trinajstić information content (AvgIpc) is 2.54. The topological polar surface area (TPSA) is 57.6 Å². The lowest BCUT2D eigenvalue weighted by atomic mass is 9.94. The van der Waals surface area contributed by atoms with Gasteiger partial charge in [0.1, 0.15) is 0 Å². The van der Waals surface area contributed by atoms with E-state index in [2.05, 4.69) is 0 Å². The first-order chi connectivity index (χ1) is 11.2. The minimum Gasteiger partial charge on any atom is -0.481 e. The van der Waals surface area contributed by atoms with Crippen LogP contribution < -0.4 is 0 Å². The summed E-state index contributed by atoms with van der Waals surface area (Å²) in [4.78, 5) is 24.9. The Balaban J connectivity index is 1.97. The molecule has 1 aliphatic heterocycles. The van der Waals surface area contributed by atoms with E-state index >= 15 is 0 Å². The first kappa shape index (κ1) is 18.3. The van der Waals surface area contributed by atoms with Gasteiger partial charge in [0.15, 0.2) is 0 Å². The Morgan fingerprint density at radius 2 is 1.92 bits per heavy atom. The van der Waals surface area contributed by atoms with E-state index in [9.17, 15) is 22.8 Å². The molecule has 0 radical (unpaired) electrons. The summed E-state index contributed by atoms with van der Waals surface area (Å²) in [5, 5.41) is 9.06. The van der Waals surface area contributed by atoms with Crippen LogP contribution in [0.15, 0.2) is 24.3 Å². The molecule has 1 fully saturated rings. The molecule has 0 aromatic heterocycles. The van der Waals surface area contributed by atoms with Crippen molar-refractivity contribution in [2.24, 2.45) is 5.92 Å². The zero-order valence-electron chi connectivity index (χ0n) is 13.3. The first-order valence-electron chi connectivity index (χ1n) is 7.86. The molecule has 1 aromatic rings. The molecule has 0 saturated carbocycles. The summed E-state index contributed by atoms with van der Waals surface area (Å²) in [6.45, 7) is 2.51. The minimum absolute atomic E-state index is 0.150. The van der Waals surface area contributed by atoms with E-state index in [-0.39, 0.29) is 24.8 Å². The molecule has 1 heterocycles. The molecule has 1 amide bonds. The van der Waals surface area contributed by atoms with Crippen molar-refractivity contribution < 1.29 is 27.9 Å². The number of piperidine rings is 1. The van der Waals surface area contributed by atoms with E-state index < -0.39 is 23.6 Å². The van der Waals surface area contributed by atoms with Gasteiger partial charge in [-0.25, -0.2) is 0 Å². The molecular weight excluding hydrogens is 323 g/mol. The van der Waals surface area contributed by atoms with E-state index in [0.29, 0.717) is 24.9 Å². The fourth-order valence-corrected chi connectivity index (χ4v) is 2.91. The van der Waals surface area contributed by atoms with Crippen molar-refractivity contribution in [2.75, 3.05) is 13.1 Å². The molecule has 0 bridgehead atoms. The van der Waals surface area contributed by atoms with Crippen LogP contribution in [-0.2, 0) is 15.8 Å². The van der Waals surface area contributed by atoms with Crippen molar-refractivity contribution in [3.8, 4) is 0 Å². The fourth-order valence-electron chi connectivity index (χ4n) is 2.91. The number of carboxylic acids is 1. The average molecular weight is 343 g/mol. The molecule has 1 N–H and O–H groups in total. The van der Waals surface area contributed by atoms with Crippen LogP contribution in [0.2, 0.25) is 0 Å². The predicted molar refractivity (Wildman–Crippen MR) is 81.4 cm³/mol. The van der Waals surface area contributed by atoms with E-state index in [4.69, 9.17) is 5.11 Å². The third kappa shape index (κ3) is 4.49. The lowest BCUT2D eigenvalue weighted by Crippen LogP contribution is -2.42. The highest BCUT2D eigenvalue weighted by Gasteiger charge is 2.31. The number of carbonyl (C=O) groups is 2. The number of alkyl halides is 3. The Bertz CT molecular complexity index is 598. The van der Waals surface area contributed by atoms with Gasteiger partial charge in [-0.3, -0.25) is 9.59 Å². The van der Waals surface area contributed by atoms with Crippen LogP contribution in [0.1, 0.15) is 43.2 Å². The van der Waals surface area contributed by atoms with Crippen LogP contribution >= 0.6 is 0 Å². The molecule has 4 nitrogen and oxygen atoms in total. The highest BCUT2D eigenvalue weighted by Crippen LogP contribution is 2.31. The smallest absolute Gasteiger partial charge is 0.416 e. The Labute approximate surface area is 138 Å². The number of halogens is 3. The Morgan fingerprint density at radius 1 is 1.29 bits per heavy atom. The summed E-state index contributed by atoms with van der Waals surface area (Å²) in [7, 11) is 0. The number of benzene rings is 1. The molecule has 0 spiro atoms. The van der Waals surface area contributed by atoms with Gasteiger partial charge in [0.25, 0.3) is 0 Å². The number of carbonyl (C=O) groups excluding carboxylic acids is 1. The fraction of sp³-hybridized carbons (Fsp3) is 0.529. The van der Waals surface area contributed by atoms with Gasteiger partial charge in [-0.2, -0.15) is 13.2 Å². The van der Waals surface area contributed by atoms with E-state index in [1.54, 1.807) is 11.8 Å². The monoisotopic (exact) mass is 343 g/mol. The molecule has 1 aromatic carbocycles. The summed E-state index contributed by atoms with van der Waals surface area (Å²) in [6.07, 6.45) is -3.01. The first-order valence-corrected chi connectivity index (χ1v) is 7.86. The molecule has 0 aliphatic carbocycles. The number of amides is 1. The van der Waals surface area contributed by atoms with Crippen molar-refractivity contribution in [3.05, 3.63) is 35.4 Å². The summed E-state index contributed by atoms with van der Waals surface area (Å²) in [5.74, 6) is -1.83. The van der Waals surface area contributed by atoms with Gasteiger partial charge in [0.2, 0.25) is 5.91 Å². The molecule has 0 unspecified atom stereocenters. The van der Waals surface area contributed by atoms with Gasteiger partial charge in [0.05, 0.1) is 11.5 Å². The van der Waals surface area contributed by atoms with Gasteiger partial charge in [-0.1, -0.05) is 19.1 Å². The lowest BCUT2D eigenvalue weighted by molar-refractivity contribution is -0.145. The summed E-state index contributed by atoms with van der Waals surface area (Å²) in [6, 6.07) is 4.80. The summed E-state index contributed by atoms with van der Waals surface area (Å²) < 4.78 is 37.7. The Morgan fingerprint density at radius 3 is 2.46 bits per heavy atom. The van der Waals surface area contributed by atoms with Crippen molar-refractivity contribution in [1.82, 2.24) is 4.90 Å². The van der Waals surface area contributed by atoms with Crippen LogP contribution in [0.5, 0.6) is 0 Å². The molecule has 132 valence electrons.